The maximum atomic E-state index is 12.7. The van der Waals surface area contributed by atoms with Crippen LogP contribution in [0.5, 0.6) is 0 Å². The second-order valence-corrected chi connectivity index (χ2v) is 4.98. The van der Waals surface area contributed by atoms with Gasteiger partial charge in [-0.25, -0.2) is 0 Å². The lowest BCUT2D eigenvalue weighted by Gasteiger charge is -2.14. The Morgan fingerprint density at radius 1 is 0.826 bits per heavy atom. The number of benzene rings is 2. The second kappa shape index (κ2) is 5.39. The molecule has 23 heavy (non-hydrogen) atoms. The van der Waals surface area contributed by atoms with Crippen LogP contribution in [-0.2, 0) is 6.18 Å². The van der Waals surface area contributed by atoms with Crippen molar-refractivity contribution in [2.75, 3.05) is 5.32 Å². The largest absolute Gasteiger partial charge is 0.416 e. The third-order valence-electron chi connectivity index (χ3n) is 3.43. The van der Waals surface area contributed by atoms with Crippen molar-refractivity contribution in [2.45, 2.75) is 6.18 Å². The van der Waals surface area contributed by atoms with Crippen molar-refractivity contribution < 1.29 is 13.2 Å². The van der Waals surface area contributed by atoms with Crippen molar-refractivity contribution >= 4 is 11.4 Å². The lowest BCUT2D eigenvalue weighted by atomic mass is 9.98. The molecule has 116 valence electrons. The van der Waals surface area contributed by atoms with Crippen LogP contribution in [0.15, 0.2) is 64.2 Å². The molecule has 3 nitrogen and oxygen atoms in total. The van der Waals surface area contributed by atoms with Gasteiger partial charge in [0.2, 0.25) is 5.43 Å². The summed E-state index contributed by atoms with van der Waals surface area (Å²) in [6.45, 7) is 0. The van der Waals surface area contributed by atoms with Gasteiger partial charge in [0, 0.05) is 5.69 Å². The Hall–Kier alpha value is -2.89. The van der Waals surface area contributed by atoms with Crippen LogP contribution < -0.4 is 16.2 Å². The van der Waals surface area contributed by atoms with E-state index in [9.17, 15) is 22.8 Å². The molecule has 0 fully saturated rings. The molecular formula is C17H10F3NO2. The summed E-state index contributed by atoms with van der Waals surface area (Å²) < 4.78 is 38.2. The number of hydrogen-bond donors (Lipinski definition) is 1. The van der Waals surface area contributed by atoms with Gasteiger partial charge in [-0.3, -0.25) is 9.59 Å². The van der Waals surface area contributed by atoms with E-state index in [1.807, 2.05) is 0 Å². The summed E-state index contributed by atoms with van der Waals surface area (Å²) in [5.74, 6) is 0. The van der Waals surface area contributed by atoms with Gasteiger partial charge in [0.15, 0.2) is 0 Å². The third-order valence-corrected chi connectivity index (χ3v) is 3.43. The third kappa shape index (κ3) is 2.75. The highest BCUT2D eigenvalue weighted by Gasteiger charge is 2.30. The minimum absolute atomic E-state index is 0.0144. The zero-order valence-electron chi connectivity index (χ0n) is 11.6. The van der Waals surface area contributed by atoms with E-state index < -0.39 is 22.6 Å². The lowest BCUT2D eigenvalue weighted by molar-refractivity contribution is -0.137. The molecule has 0 unspecified atom stereocenters. The normalized spacial score (nSPS) is 11.6. The highest BCUT2D eigenvalue weighted by Crippen LogP contribution is 2.32. The monoisotopic (exact) mass is 317 g/mol. The molecular weight excluding hydrogens is 307 g/mol. The minimum Gasteiger partial charge on any atom is -0.352 e. The lowest BCUT2D eigenvalue weighted by Crippen LogP contribution is -2.35. The summed E-state index contributed by atoms with van der Waals surface area (Å²) in [6, 6.07) is 13.0. The predicted molar refractivity (Wildman–Crippen MR) is 81.5 cm³/mol. The molecule has 0 spiro atoms. The van der Waals surface area contributed by atoms with Crippen LogP contribution in [0, 0.1) is 0 Å². The van der Waals surface area contributed by atoms with Crippen LogP contribution in [0.1, 0.15) is 5.56 Å². The number of halogens is 3. The first kappa shape index (κ1) is 15.0. The van der Waals surface area contributed by atoms with E-state index in [1.54, 1.807) is 30.3 Å². The molecule has 0 aromatic heterocycles. The average molecular weight is 317 g/mol. The fourth-order valence-corrected chi connectivity index (χ4v) is 2.31. The van der Waals surface area contributed by atoms with Crippen molar-refractivity contribution in [1.82, 2.24) is 0 Å². The highest BCUT2D eigenvalue weighted by atomic mass is 19.4. The summed E-state index contributed by atoms with van der Waals surface area (Å²) >= 11 is 0. The molecule has 0 aliphatic rings. The number of anilines is 2. The first-order valence-electron chi connectivity index (χ1n) is 6.71. The zero-order chi connectivity index (χ0) is 16.6. The predicted octanol–water partition coefficient (Wildman–Crippen LogP) is 3.71. The van der Waals surface area contributed by atoms with Gasteiger partial charge in [-0.05, 0) is 23.8 Å². The Balaban J connectivity index is 1.98. The van der Waals surface area contributed by atoms with Gasteiger partial charge in [0.1, 0.15) is 5.69 Å². The molecule has 6 heteroatoms. The van der Waals surface area contributed by atoms with E-state index in [1.165, 1.54) is 12.1 Å². The van der Waals surface area contributed by atoms with Gasteiger partial charge in [0.25, 0.3) is 5.43 Å². The summed E-state index contributed by atoms with van der Waals surface area (Å²) in [7, 11) is 0. The Kier molecular flexibility index (Phi) is 3.52. The van der Waals surface area contributed by atoms with Crippen molar-refractivity contribution in [3.8, 4) is 11.1 Å². The molecule has 0 heterocycles. The number of hydrogen-bond acceptors (Lipinski definition) is 3. The molecule has 3 aromatic rings. The van der Waals surface area contributed by atoms with Gasteiger partial charge in [0.05, 0.1) is 11.1 Å². The van der Waals surface area contributed by atoms with Crippen LogP contribution in [0.3, 0.4) is 0 Å². The number of nitrogens with one attached hydrogen (secondary N) is 1. The fraction of sp³-hybridized carbons (Fsp3) is 0.0588. The molecule has 0 saturated heterocycles. The molecule has 3 aromatic carbocycles. The minimum atomic E-state index is -4.48. The Bertz CT molecular complexity index is 923. The highest BCUT2D eigenvalue weighted by molar-refractivity contribution is 5.84. The van der Waals surface area contributed by atoms with Gasteiger partial charge < -0.3 is 5.32 Å². The van der Waals surface area contributed by atoms with E-state index in [2.05, 4.69) is 5.32 Å². The van der Waals surface area contributed by atoms with Crippen molar-refractivity contribution in [3.05, 3.63) is 80.6 Å². The standard InChI is InChI=1S/C17H10F3NO2/c18-17(19,20)11-7-4-8-12(9-11)21-14-13(15(22)16(14)23)10-5-2-1-3-6-10/h1-9,21H. The summed E-state index contributed by atoms with van der Waals surface area (Å²) in [5, 5.41) is 2.63. The second-order valence-electron chi connectivity index (χ2n) is 4.98. The summed E-state index contributed by atoms with van der Waals surface area (Å²) in [5.41, 5.74) is -1.36. The molecule has 0 bridgehead atoms. The Morgan fingerprint density at radius 3 is 2.17 bits per heavy atom. The maximum absolute atomic E-state index is 12.7. The molecule has 0 aliphatic heterocycles. The van der Waals surface area contributed by atoms with Crippen LogP contribution in [0.25, 0.3) is 11.1 Å². The summed E-state index contributed by atoms with van der Waals surface area (Å²) in [6.07, 6.45) is -4.48. The average Bonchev–Trinajstić information content (AvgIpc) is 2.54. The quantitative estimate of drug-likeness (QED) is 0.749. The van der Waals surface area contributed by atoms with Crippen LogP contribution >= 0.6 is 0 Å². The smallest absolute Gasteiger partial charge is 0.352 e. The zero-order valence-corrected chi connectivity index (χ0v) is 11.6. The fourth-order valence-electron chi connectivity index (χ4n) is 2.31. The van der Waals surface area contributed by atoms with Crippen molar-refractivity contribution in [1.29, 1.82) is 0 Å². The van der Waals surface area contributed by atoms with E-state index in [0.29, 0.717) is 5.56 Å². The van der Waals surface area contributed by atoms with Crippen LogP contribution in [0.2, 0.25) is 0 Å². The van der Waals surface area contributed by atoms with Crippen LogP contribution in [-0.4, -0.2) is 0 Å². The maximum Gasteiger partial charge on any atom is 0.416 e. The first-order chi connectivity index (χ1) is 10.9. The topological polar surface area (TPSA) is 46.2 Å². The molecule has 0 amide bonds. The van der Waals surface area contributed by atoms with Gasteiger partial charge in [-0.2, -0.15) is 13.2 Å². The van der Waals surface area contributed by atoms with Gasteiger partial charge in [-0.15, -0.1) is 0 Å². The molecule has 0 saturated carbocycles. The van der Waals surface area contributed by atoms with E-state index in [0.717, 1.165) is 12.1 Å². The van der Waals surface area contributed by atoms with E-state index in [-0.39, 0.29) is 16.9 Å². The van der Waals surface area contributed by atoms with Crippen LogP contribution in [0.4, 0.5) is 24.5 Å². The van der Waals surface area contributed by atoms with Gasteiger partial charge in [-0.1, -0.05) is 36.4 Å². The molecule has 3 rings (SSSR count). The first-order valence-corrected chi connectivity index (χ1v) is 6.71. The molecule has 1 N–H and O–H groups in total. The SMILES string of the molecule is O=c1c(Nc2cccc(C(F)(F)F)c2)c(-c2ccccc2)c1=O. The Morgan fingerprint density at radius 2 is 1.52 bits per heavy atom. The molecule has 0 atom stereocenters. The number of alkyl halides is 3. The number of rotatable bonds is 3. The van der Waals surface area contributed by atoms with E-state index in [4.69, 9.17) is 0 Å². The van der Waals surface area contributed by atoms with Crippen molar-refractivity contribution in [2.24, 2.45) is 0 Å². The van der Waals surface area contributed by atoms with E-state index >= 15 is 0 Å². The molecule has 0 aliphatic carbocycles. The van der Waals surface area contributed by atoms with Crippen molar-refractivity contribution in [3.63, 3.8) is 0 Å². The Labute approximate surface area is 128 Å². The van der Waals surface area contributed by atoms with Gasteiger partial charge >= 0.3 is 6.18 Å². The molecule has 0 radical (unpaired) electrons. The summed E-state index contributed by atoms with van der Waals surface area (Å²) in [4.78, 5) is 23.5.